The molecule has 0 saturated heterocycles. The van der Waals surface area contributed by atoms with Gasteiger partial charge in [-0.05, 0) is 60.7 Å². The fraction of sp³-hybridized carbons (Fsp3) is 0.0370. The predicted octanol–water partition coefficient (Wildman–Crippen LogP) is 7.06. The number of diazo groups is 1. The Morgan fingerprint density at radius 3 is 1.65 bits per heavy atom. The largest absolute Gasteiger partial charge is 0.489 e. The van der Waals surface area contributed by atoms with Crippen LogP contribution in [0.5, 0.6) is 5.75 Å². The minimum Gasteiger partial charge on any atom is -0.489 e. The van der Waals surface area contributed by atoms with Crippen molar-refractivity contribution in [2.24, 2.45) is 20.5 Å². The second kappa shape index (κ2) is 11.9. The number of benzene rings is 5. The fourth-order valence-corrected chi connectivity index (χ4v) is 5.94. The third-order valence-electron chi connectivity index (χ3n) is 6.54. The Kier molecular flexibility index (Phi) is 8.35. The molecule has 0 aliphatic heterocycles. The lowest BCUT2D eigenvalue weighted by Gasteiger charge is -2.08. The lowest BCUT2D eigenvalue weighted by atomic mass is 10.1. The van der Waals surface area contributed by atoms with Gasteiger partial charge in [0.25, 0.3) is 30.4 Å². The molecule has 5 aromatic carbocycles. The Hall–Kier alpha value is -5.23. The molecule has 19 heteroatoms. The summed E-state index contributed by atoms with van der Waals surface area (Å²) >= 11 is 0. The van der Waals surface area contributed by atoms with E-state index in [1.807, 2.05) is 0 Å². The molecule has 0 amide bonds. The number of hydrogen-bond donors (Lipinski definition) is 3. The highest BCUT2D eigenvalue weighted by molar-refractivity contribution is 7.86. The van der Waals surface area contributed by atoms with Crippen LogP contribution in [0.4, 0.5) is 28.4 Å². The van der Waals surface area contributed by atoms with E-state index in [9.17, 15) is 44.3 Å². The van der Waals surface area contributed by atoms with E-state index in [0.717, 1.165) is 36.4 Å². The third-order valence-corrected chi connectivity index (χ3v) is 9.08. The number of nitrogens with zero attached hydrogens (tertiary/aromatic N) is 6. The van der Waals surface area contributed by atoms with Crippen LogP contribution in [0.25, 0.3) is 26.5 Å². The molecule has 46 heavy (non-hydrogen) atoms. The molecule has 5 rings (SSSR count). The Labute approximate surface area is 260 Å². The molecule has 0 radical (unpaired) electrons. The van der Waals surface area contributed by atoms with Crippen LogP contribution in [0.2, 0.25) is 0 Å². The molecule has 3 N–H and O–H groups in total. The molecular weight excluding hydrogens is 665 g/mol. The zero-order valence-corrected chi connectivity index (χ0v) is 25.6. The van der Waals surface area contributed by atoms with Gasteiger partial charge < -0.3 is 4.74 Å². The Balaban J connectivity index is 1.69. The highest BCUT2D eigenvalue weighted by atomic mass is 32.2. The average molecular weight is 684 g/mol. The van der Waals surface area contributed by atoms with E-state index >= 15 is 0 Å². The fourth-order valence-electron chi connectivity index (χ4n) is 4.40. The first-order valence-corrected chi connectivity index (χ1v) is 16.8. The molecule has 0 aromatic heterocycles. The average Bonchev–Trinajstić information content (AvgIpc) is 3.00. The van der Waals surface area contributed by atoms with E-state index in [2.05, 4.69) is 25.4 Å². The Morgan fingerprint density at radius 1 is 0.587 bits per heavy atom. The maximum absolute atomic E-state index is 11.9. The van der Waals surface area contributed by atoms with E-state index in [1.54, 1.807) is 0 Å². The highest BCUT2D eigenvalue weighted by Crippen LogP contribution is 2.44. The summed E-state index contributed by atoms with van der Waals surface area (Å²) in [5.41, 5.74) is 0.253. The van der Waals surface area contributed by atoms with Gasteiger partial charge >= 0.3 is 5.69 Å². The summed E-state index contributed by atoms with van der Waals surface area (Å²) in [6.07, 6.45) is 0. The molecule has 5 aromatic rings. The first kappa shape index (κ1) is 32.2. The van der Waals surface area contributed by atoms with Crippen LogP contribution < -0.4 is 4.74 Å². The van der Waals surface area contributed by atoms with Gasteiger partial charge in [0.15, 0.2) is 4.98 Å². The first-order chi connectivity index (χ1) is 21.6. The van der Waals surface area contributed by atoms with Crippen molar-refractivity contribution in [2.75, 3.05) is 7.11 Å². The quantitative estimate of drug-likeness (QED) is 0.0848. The topological polar surface area (TPSA) is 250 Å². The monoisotopic (exact) mass is 683 g/mol. The van der Waals surface area contributed by atoms with Gasteiger partial charge in [-0.1, -0.05) is 12.1 Å². The van der Waals surface area contributed by atoms with Crippen molar-refractivity contribution in [3.8, 4) is 5.75 Å². The van der Waals surface area contributed by atoms with E-state index in [1.165, 1.54) is 49.6 Å². The zero-order valence-electron chi connectivity index (χ0n) is 23.1. The molecule has 0 heterocycles. The highest BCUT2D eigenvalue weighted by Gasteiger charge is 2.25. The summed E-state index contributed by atoms with van der Waals surface area (Å²) in [5, 5.41) is 26.8. The minimum atomic E-state index is -4.67. The van der Waals surface area contributed by atoms with Gasteiger partial charge in [0, 0.05) is 22.2 Å². The summed E-state index contributed by atoms with van der Waals surface area (Å²) in [5.74, 6) is 0.0379. The lowest BCUT2D eigenvalue weighted by Crippen LogP contribution is -1.97. The van der Waals surface area contributed by atoms with Gasteiger partial charge in [-0.15, -0.1) is 15.3 Å². The van der Waals surface area contributed by atoms with Gasteiger partial charge in [0.05, 0.1) is 49.9 Å². The summed E-state index contributed by atoms with van der Waals surface area (Å²) < 4.78 is 104. The molecule has 0 spiro atoms. The van der Waals surface area contributed by atoms with Crippen molar-refractivity contribution in [2.45, 2.75) is 14.7 Å². The van der Waals surface area contributed by atoms with Crippen LogP contribution in [0, 0.1) is 5.39 Å². The summed E-state index contributed by atoms with van der Waals surface area (Å²) in [7, 11) is -12.5. The Bertz CT molecular complexity index is 2510. The second-order valence-corrected chi connectivity index (χ2v) is 13.7. The summed E-state index contributed by atoms with van der Waals surface area (Å²) in [6, 6.07) is 16.2. The van der Waals surface area contributed by atoms with E-state index in [-0.39, 0.29) is 55.7 Å². The van der Waals surface area contributed by atoms with Gasteiger partial charge in [-0.25, -0.2) is 0 Å². The van der Waals surface area contributed by atoms with Crippen molar-refractivity contribution < 1.29 is 43.6 Å². The number of azo groups is 2. The van der Waals surface area contributed by atoms with Crippen LogP contribution in [-0.2, 0) is 30.4 Å². The molecule has 0 aliphatic rings. The van der Waals surface area contributed by atoms with Gasteiger partial charge in [-0.3, -0.25) is 13.7 Å². The molecule has 0 aliphatic carbocycles. The SMILES string of the molecule is COc1cc(N=Nc2ccc(N=Nc3cccc(S(=O)(=O)O)c3)c3ccc(S(=O)(=O)O)cc23)c2cc(S(=O)(=O)O)ccc2c1[N+]#N. The van der Waals surface area contributed by atoms with E-state index in [4.69, 9.17) is 4.74 Å². The van der Waals surface area contributed by atoms with Crippen molar-refractivity contribution >= 4 is 80.3 Å². The van der Waals surface area contributed by atoms with E-state index in [0.29, 0.717) is 0 Å². The standard InChI is InChI=1S/C27H18N6O10S3/c1-43-26-14-25(22-13-18(46(40,41)42)6-8-20(22)27(26)29-28)33-32-24-10-9-23(19-7-5-17(12-21(19)24)45(37,38)39)31-30-15-3-2-4-16(11-15)44(34,35)36/h2-14H,1H3,(H2-,34,35,36,37,38,39,40,41,42)/p+1. The number of hydrogen-bond acceptors (Lipinski definition) is 12. The van der Waals surface area contributed by atoms with Crippen molar-refractivity contribution in [3.63, 3.8) is 0 Å². The van der Waals surface area contributed by atoms with Crippen molar-refractivity contribution in [1.29, 1.82) is 5.39 Å². The first-order valence-electron chi connectivity index (χ1n) is 12.5. The van der Waals surface area contributed by atoms with Crippen LogP contribution in [0.1, 0.15) is 0 Å². The van der Waals surface area contributed by atoms with Crippen LogP contribution >= 0.6 is 0 Å². The van der Waals surface area contributed by atoms with Crippen molar-refractivity contribution in [1.82, 2.24) is 0 Å². The molecule has 234 valence electrons. The van der Waals surface area contributed by atoms with Crippen LogP contribution in [-0.4, -0.2) is 46.0 Å². The molecular formula is C27H19N6O10S3+. The molecule has 0 atom stereocenters. The number of ether oxygens (including phenoxy) is 1. The Morgan fingerprint density at radius 2 is 1.09 bits per heavy atom. The minimum absolute atomic E-state index is 0.00585. The maximum Gasteiger partial charge on any atom is 0.434 e. The zero-order chi connectivity index (χ0) is 33.4. The maximum atomic E-state index is 11.9. The van der Waals surface area contributed by atoms with Crippen molar-refractivity contribution in [3.05, 3.63) is 83.8 Å². The number of methoxy groups -OCH3 is 1. The molecule has 0 unspecified atom stereocenters. The molecule has 0 fully saturated rings. The summed E-state index contributed by atoms with van der Waals surface area (Å²) in [6.45, 7) is 0. The number of rotatable bonds is 8. The predicted molar refractivity (Wildman–Crippen MR) is 163 cm³/mol. The molecule has 16 nitrogen and oxygen atoms in total. The van der Waals surface area contributed by atoms with Gasteiger partial charge in [-0.2, -0.15) is 30.4 Å². The van der Waals surface area contributed by atoms with Crippen LogP contribution in [0.3, 0.4) is 0 Å². The second-order valence-electron chi connectivity index (χ2n) is 9.39. The molecule has 0 bridgehead atoms. The smallest absolute Gasteiger partial charge is 0.434 e. The summed E-state index contributed by atoms with van der Waals surface area (Å²) in [4.78, 5) is 1.84. The van der Waals surface area contributed by atoms with E-state index < -0.39 is 45.0 Å². The van der Waals surface area contributed by atoms with Gasteiger partial charge in [0.1, 0.15) is 0 Å². The normalized spacial score (nSPS) is 12.7. The third kappa shape index (κ3) is 6.57. The lowest BCUT2D eigenvalue weighted by molar-refractivity contribution is 0.418. The molecule has 0 saturated carbocycles. The number of fused-ring (bicyclic) bond motifs is 2. The van der Waals surface area contributed by atoms with Crippen LogP contribution in [0.15, 0.2) is 114 Å². The van der Waals surface area contributed by atoms with Gasteiger partial charge in [0.2, 0.25) is 11.1 Å².